The van der Waals surface area contributed by atoms with Gasteiger partial charge < -0.3 is 9.64 Å². The van der Waals surface area contributed by atoms with Crippen molar-refractivity contribution in [3.63, 3.8) is 0 Å². The number of hydrogen-bond acceptors (Lipinski definition) is 5. The van der Waals surface area contributed by atoms with Gasteiger partial charge in [-0.05, 0) is 23.8 Å². The number of hydrogen-bond donors (Lipinski definition) is 0. The Hall–Kier alpha value is -2.79. The van der Waals surface area contributed by atoms with Crippen LogP contribution in [-0.2, 0) is 9.53 Å². The summed E-state index contributed by atoms with van der Waals surface area (Å²) < 4.78 is 4.51. The average Bonchev–Trinajstić information content (AvgIpc) is 2.50. The zero-order valence-electron chi connectivity index (χ0n) is 11.5. The van der Waals surface area contributed by atoms with E-state index in [0.717, 1.165) is 11.3 Å². The molecule has 0 saturated heterocycles. The van der Waals surface area contributed by atoms with E-state index in [0.29, 0.717) is 13.0 Å². The molecule has 0 atom stereocenters. The van der Waals surface area contributed by atoms with E-state index < -0.39 is 5.97 Å². The van der Waals surface area contributed by atoms with Crippen molar-refractivity contribution in [1.82, 2.24) is 0 Å². The van der Waals surface area contributed by atoms with E-state index in [1.807, 2.05) is 24.1 Å². The number of benzene rings is 1. The maximum atomic E-state index is 11.3. The Morgan fingerprint density at radius 3 is 2.50 bits per heavy atom. The zero-order valence-corrected chi connectivity index (χ0v) is 11.5. The molecule has 1 rings (SSSR count). The van der Waals surface area contributed by atoms with Gasteiger partial charge in [0.2, 0.25) is 0 Å². The molecule has 0 aliphatic heterocycles. The minimum Gasteiger partial charge on any atom is -0.465 e. The molecule has 0 bridgehead atoms. The summed E-state index contributed by atoms with van der Waals surface area (Å²) in [6.45, 7) is 0.650. The van der Waals surface area contributed by atoms with Crippen LogP contribution in [0, 0.1) is 22.7 Å². The number of esters is 1. The van der Waals surface area contributed by atoms with E-state index in [4.69, 9.17) is 10.5 Å². The zero-order chi connectivity index (χ0) is 15.0. The van der Waals surface area contributed by atoms with Gasteiger partial charge in [-0.2, -0.15) is 10.5 Å². The molecule has 5 nitrogen and oxygen atoms in total. The Kier molecular flexibility index (Phi) is 5.80. The summed E-state index contributed by atoms with van der Waals surface area (Å²) >= 11 is 0. The van der Waals surface area contributed by atoms with E-state index >= 15 is 0 Å². The lowest BCUT2D eigenvalue weighted by Gasteiger charge is -2.17. The van der Waals surface area contributed by atoms with Crippen LogP contribution >= 0.6 is 0 Å². The molecule has 102 valence electrons. The first-order chi connectivity index (χ1) is 9.62. The monoisotopic (exact) mass is 269 g/mol. The Labute approximate surface area is 118 Å². The van der Waals surface area contributed by atoms with Gasteiger partial charge >= 0.3 is 5.97 Å². The highest BCUT2D eigenvalue weighted by Gasteiger charge is 2.08. The molecule has 0 saturated carbocycles. The molecule has 0 aliphatic rings. The molecule has 1 aromatic rings. The van der Waals surface area contributed by atoms with Crippen LogP contribution in [0.15, 0.2) is 29.8 Å². The second-order valence-corrected chi connectivity index (χ2v) is 4.08. The number of carbonyl (C=O) groups excluding carboxylic acids is 1. The standard InChI is InChI=1S/C15H15N3O2/c1-18(9-3-8-16)14-6-4-12(5-7-14)10-13(11-17)15(19)20-2/h4-7,10H,3,9H2,1-2H3/b13-10+. The molecule has 0 amide bonds. The minimum absolute atomic E-state index is 0.0434. The predicted molar refractivity (Wildman–Crippen MR) is 75.5 cm³/mol. The second-order valence-electron chi connectivity index (χ2n) is 4.08. The van der Waals surface area contributed by atoms with Crippen LogP contribution in [0.2, 0.25) is 0 Å². The van der Waals surface area contributed by atoms with Gasteiger partial charge in [0.05, 0.1) is 19.6 Å². The fourth-order valence-corrected chi connectivity index (χ4v) is 1.59. The average molecular weight is 269 g/mol. The molecule has 0 aromatic heterocycles. The molecule has 0 aliphatic carbocycles. The molecule has 0 radical (unpaired) electrons. The van der Waals surface area contributed by atoms with Gasteiger partial charge in [0.1, 0.15) is 11.6 Å². The summed E-state index contributed by atoms with van der Waals surface area (Å²) in [5.74, 6) is -0.650. The maximum absolute atomic E-state index is 11.3. The number of methoxy groups -OCH3 is 1. The largest absolute Gasteiger partial charge is 0.465 e. The lowest BCUT2D eigenvalue weighted by molar-refractivity contribution is -0.135. The lowest BCUT2D eigenvalue weighted by Crippen LogP contribution is -2.17. The van der Waals surface area contributed by atoms with Crippen molar-refractivity contribution in [3.05, 3.63) is 35.4 Å². The molecule has 0 unspecified atom stereocenters. The van der Waals surface area contributed by atoms with Crippen LogP contribution in [0.3, 0.4) is 0 Å². The Balaban J connectivity index is 2.87. The SMILES string of the molecule is COC(=O)/C(C#N)=C/c1ccc(N(C)CCC#N)cc1. The van der Waals surface area contributed by atoms with E-state index in [-0.39, 0.29) is 5.57 Å². The quantitative estimate of drug-likeness (QED) is 0.465. The molecular weight excluding hydrogens is 254 g/mol. The highest BCUT2D eigenvalue weighted by Crippen LogP contribution is 2.16. The second kappa shape index (κ2) is 7.60. The van der Waals surface area contributed by atoms with Crippen LogP contribution < -0.4 is 4.90 Å². The van der Waals surface area contributed by atoms with Gasteiger partial charge in [-0.1, -0.05) is 12.1 Å². The highest BCUT2D eigenvalue weighted by atomic mass is 16.5. The van der Waals surface area contributed by atoms with Crippen molar-refractivity contribution < 1.29 is 9.53 Å². The Morgan fingerprint density at radius 1 is 1.35 bits per heavy atom. The minimum atomic E-state index is -0.650. The smallest absolute Gasteiger partial charge is 0.348 e. The molecule has 0 fully saturated rings. The molecular formula is C15H15N3O2. The topological polar surface area (TPSA) is 77.1 Å². The number of rotatable bonds is 5. The number of nitrogens with zero attached hydrogens (tertiary/aromatic N) is 3. The number of anilines is 1. The van der Waals surface area contributed by atoms with Crippen LogP contribution in [-0.4, -0.2) is 26.7 Å². The van der Waals surface area contributed by atoms with Gasteiger partial charge in [0.25, 0.3) is 0 Å². The molecule has 0 heterocycles. The van der Waals surface area contributed by atoms with Gasteiger partial charge in [0, 0.05) is 19.3 Å². The fourth-order valence-electron chi connectivity index (χ4n) is 1.59. The summed E-state index contributed by atoms with van der Waals surface area (Å²) in [5, 5.41) is 17.4. The van der Waals surface area contributed by atoms with Gasteiger partial charge in [-0.3, -0.25) is 0 Å². The first-order valence-corrected chi connectivity index (χ1v) is 6.00. The molecule has 5 heteroatoms. The molecule has 0 spiro atoms. The maximum Gasteiger partial charge on any atom is 0.348 e. The van der Waals surface area contributed by atoms with Gasteiger partial charge in [-0.25, -0.2) is 4.79 Å². The summed E-state index contributed by atoms with van der Waals surface area (Å²) in [6, 6.07) is 11.2. The van der Waals surface area contributed by atoms with Crippen molar-refractivity contribution in [3.8, 4) is 12.1 Å². The van der Waals surface area contributed by atoms with Gasteiger partial charge in [0.15, 0.2) is 0 Å². The Morgan fingerprint density at radius 2 is 2.00 bits per heavy atom. The van der Waals surface area contributed by atoms with Crippen LogP contribution in [0.4, 0.5) is 5.69 Å². The molecule has 0 N–H and O–H groups in total. The lowest BCUT2D eigenvalue weighted by atomic mass is 10.1. The summed E-state index contributed by atoms with van der Waals surface area (Å²) in [6.07, 6.45) is 1.93. The van der Waals surface area contributed by atoms with E-state index in [2.05, 4.69) is 10.8 Å². The summed E-state index contributed by atoms with van der Waals surface area (Å²) in [4.78, 5) is 13.2. The van der Waals surface area contributed by atoms with Crippen molar-refractivity contribution in [1.29, 1.82) is 10.5 Å². The summed E-state index contributed by atoms with van der Waals surface area (Å²) in [5.41, 5.74) is 1.66. The highest BCUT2D eigenvalue weighted by molar-refractivity contribution is 5.97. The van der Waals surface area contributed by atoms with E-state index in [9.17, 15) is 4.79 Å². The Bertz CT molecular complexity index is 577. The normalized spacial score (nSPS) is 10.3. The molecule has 20 heavy (non-hydrogen) atoms. The first-order valence-electron chi connectivity index (χ1n) is 6.00. The first kappa shape index (κ1) is 15.3. The predicted octanol–water partition coefficient (Wildman–Crippen LogP) is 2.12. The number of ether oxygens (including phenoxy) is 1. The van der Waals surface area contributed by atoms with Crippen molar-refractivity contribution in [2.45, 2.75) is 6.42 Å². The third-order valence-electron chi connectivity index (χ3n) is 2.73. The van der Waals surface area contributed by atoms with Crippen LogP contribution in [0.5, 0.6) is 0 Å². The van der Waals surface area contributed by atoms with Crippen LogP contribution in [0.1, 0.15) is 12.0 Å². The van der Waals surface area contributed by atoms with E-state index in [1.165, 1.54) is 13.2 Å². The van der Waals surface area contributed by atoms with Gasteiger partial charge in [-0.15, -0.1) is 0 Å². The number of nitriles is 2. The summed E-state index contributed by atoms with van der Waals surface area (Å²) in [7, 11) is 3.14. The van der Waals surface area contributed by atoms with Crippen molar-refractivity contribution in [2.24, 2.45) is 0 Å². The van der Waals surface area contributed by atoms with Crippen LogP contribution in [0.25, 0.3) is 6.08 Å². The van der Waals surface area contributed by atoms with Crippen molar-refractivity contribution in [2.75, 3.05) is 25.6 Å². The van der Waals surface area contributed by atoms with E-state index in [1.54, 1.807) is 18.2 Å². The third-order valence-corrected chi connectivity index (χ3v) is 2.73. The molecule has 1 aromatic carbocycles. The number of carbonyl (C=O) groups is 1. The fraction of sp³-hybridized carbons (Fsp3) is 0.267. The third kappa shape index (κ3) is 4.15. The van der Waals surface area contributed by atoms with Crippen molar-refractivity contribution >= 4 is 17.7 Å².